The lowest BCUT2D eigenvalue weighted by molar-refractivity contribution is -0.138. The standard InChI is InChI=1S/C22H21F3N4O/c1-28-20-17(6-4-8-26-20)19(27-28)21(30)29-11-14-9-13(10-15(14)12-29)16-5-2-3-7-18(16)22(23,24)25/h2-8,13-15H,9-12H2,1H3/t13-,14-,15+. The minimum Gasteiger partial charge on any atom is -0.337 e. The zero-order valence-electron chi connectivity index (χ0n) is 16.4. The first kappa shape index (κ1) is 19.1. The molecule has 1 aliphatic carbocycles. The highest BCUT2D eigenvalue weighted by atomic mass is 19.4. The lowest BCUT2D eigenvalue weighted by atomic mass is 9.91. The normalized spacial score (nSPS) is 23.9. The molecule has 3 heterocycles. The molecule has 1 aromatic carbocycles. The lowest BCUT2D eigenvalue weighted by Gasteiger charge is -2.21. The van der Waals surface area contributed by atoms with Crippen LogP contribution in [0.25, 0.3) is 11.0 Å². The van der Waals surface area contributed by atoms with Gasteiger partial charge in [0.2, 0.25) is 0 Å². The van der Waals surface area contributed by atoms with Crippen molar-refractivity contribution in [2.45, 2.75) is 24.9 Å². The summed E-state index contributed by atoms with van der Waals surface area (Å²) in [7, 11) is 1.76. The van der Waals surface area contributed by atoms with Crippen LogP contribution in [0.1, 0.15) is 40.4 Å². The number of hydrogen-bond acceptors (Lipinski definition) is 3. The first-order chi connectivity index (χ1) is 14.3. The van der Waals surface area contributed by atoms with Gasteiger partial charge in [0.1, 0.15) is 0 Å². The number of carbonyl (C=O) groups is 1. The zero-order chi connectivity index (χ0) is 21.0. The zero-order valence-corrected chi connectivity index (χ0v) is 16.4. The van der Waals surface area contributed by atoms with E-state index in [0.717, 1.165) is 5.39 Å². The highest BCUT2D eigenvalue weighted by molar-refractivity contribution is 6.04. The molecular weight excluding hydrogens is 393 g/mol. The number of likely N-dealkylation sites (tertiary alicyclic amines) is 1. The number of rotatable bonds is 2. The number of benzene rings is 1. The number of amides is 1. The average molecular weight is 414 g/mol. The molecule has 0 N–H and O–H groups in total. The van der Waals surface area contributed by atoms with E-state index < -0.39 is 11.7 Å². The molecule has 2 aliphatic rings. The van der Waals surface area contributed by atoms with Crippen LogP contribution in [-0.4, -0.2) is 38.7 Å². The molecule has 1 saturated heterocycles. The molecule has 3 aromatic rings. The molecule has 8 heteroatoms. The highest BCUT2D eigenvalue weighted by Crippen LogP contribution is 2.49. The van der Waals surface area contributed by atoms with E-state index in [1.54, 1.807) is 41.0 Å². The van der Waals surface area contributed by atoms with E-state index in [-0.39, 0.29) is 23.7 Å². The van der Waals surface area contributed by atoms with E-state index in [1.807, 2.05) is 6.07 Å². The molecule has 156 valence electrons. The van der Waals surface area contributed by atoms with Gasteiger partial charge in [-0.05, 0) is 54.4 Å². The smallest absolute Gasteiger partial charge is 0.337 e. The van der Waals surface area contributed by atoms with Gasteiger partial charge < -0.3 is 4.90 Å². The fourth-order valence-electron chi connectivity index (χ4n) is 5.23. The van der Waals surface area contributed by atoms with Crippen LogP contribution >= 0.6 is 0 Å². The summed E-state index contributed by atoms with van der Waals surface area (Å²) in [6.45, 7) is 1.12. The van der Waals surface area contributed by atoms with Gasteiger partial charge in [0.15, 0.2) is 11.3 Å². The molecule has 0 spiro atoms. The summed E-state index contributed by atoms with van der Waals surface area (Å²) >= 11 is 0. The maximum Gasteiger partial charge on any atom is 0.416 e. The van der Waals surface area contributed by atoms with Crippen LogP contribution in [0, 0.1) is 11.8 Å². The van der Waals surface area contributed by atoms with Crippen LogP contribution in [0.3, 0.4) is 0 Å². The Morgan fingerprint density at radius 1 is 1.07 bits per heavy atom. The number of fused-ring (bicyclic) bond motifs is 2. The highest BCUT2D eigenvalue weighted by Gasteiger charge is 2.45. The third-order valence-corrected chi connectivity index (χ3v) is 6.55. The minimum atomic E-state index is -4.34. The van der Waals surface area contributed by atoms with Gasteiger partial charge in [-0.15, -0.1) is 0 Å². The number of alkyl halides is 3. The summed E-state index contributed by atoms with van der Waals surface area (Å²) in [6, 6.07) is 9.50. The van der Waals surface area contributed by atoms with Gasteiger partial charge in [0.05, 0.1) is 10.9 Å². The monoisotopic (exact) mass is 414 g/mol. The van der Waals surface area contributed by atoms with E-state index in [2.05, 4.69) is 10.1 Å². The Balaban J connectivity index is 1.34. The minimum absolute atomic E-state index is 0.116. The third-order valence-electron chi connectivity index (χ3n) is 6.55. The number of hydrogen-bond donors (Lipinski definition) is 0. The van der Waals surface area contributed by atoms with Crippen LogP contribution in [0.4, 0.5) is 13.2 Å². The van der Waals surface area contributed by atoms with E-state index in [4.69, 9.17) is 0 Å². The van der Waals surface area contributed by atoms with Crippen LogP contribution in [0.2, 0.25) is 0 Å². The van der Waals surface area contributed by atoms with Crippen molar-refractivity contribution in [2.24, 2.45) is 18.9 Å². The summed E-state index contributed by atoms with van der Waals surface area (Å²) in [5, 5.41) is 5.09. The van der Waals surface area contributed by atoms with Crippen LogP contribution in [0.5, 0.6) is 0 Å². The Morgan fingerprint density at radius 3 is 2.47 bits per heavy atom. The average Bonchev–Trinajstić information content (AvgIpc) is 3.39. The summed E-state index contributed by atoms with van der Waals surface area (Å²) in [5.74, 6) is 0.187. The van der Waals surface area contributed by atoms with Crippen molar-refractivity contribution in [3.05, 3.63) is 59.4 Å². The number of nitrogens with zero attached hydrogens (tertiary/aromatic N) is 4. The Bertz CT molecular complexity index is 1110. The molecule has 0 radical (unpaired) electrons. The van der Waals surface area contributed by atoms with Gasteiger partial charge in [-0.1, -0.05) is 18.2 Å². The van der Waals surface area contributed by atoms with E-state index in [0.29, 0.717) is 42.8 Å². The quantitative estimate of drug-likeness (QED) is 0.630. The largest absolute Gasteiger partial charge is 0.416 e. The summed E-state index contributed by atoms with van der Waals surface area (Å²) in [4.78, 5) is 19.2. The Labute approximate surface area is 171 Å². The number of carbonyl (C=O) groups excluding carboxylic acids is 1. The third kappa shape index (κ3) is 3.05. The number of pyridine rings is 1. The Kier molecular flexibility index (Phi) is 4.34. The SMILES string of the molecule is Cn1nc(C(=O)N2C[C@H]3C[C@@H](c4ccccc4C(F)(F)F)C[C@H]3C2)c2cccnc21. The van der Waals surface area contributed by atoms with Gasteiger partial charge in [0, 0.05) is 26.3 Å². The number of halogens is 3. The molecule has 1 amide bonds. The van der Waals surface area contributed by atoms with Gasteiger partial charge >= 0.3 is 6.18 Å². The van der Waals surface area contributed by atoms with Crippen LogP contribution in [-0.2, 0) is 13.2 Å². The second-order valence-electron chi connectivity index (χ2n) is 8.33. The Morgan fingerprint density at radius 2 is 1.77 bits per heavy atom. The lowest BCUT2D eigenvalue weighted by Crippen LogP contribution is -2.30. The Hall–Kier alpha value is -2.90. The van der Waals surface area contributed by atoms with Crippen molar-refractivity contribution in [3.63, 3.8) is 0 Å². The summed E-state index contributed by atoms with van der Waals surface area (Å²) in [5.41, 5.74) is 0.901. The maximum atomic E-state index is 13.4. The van der Waals surface area contributed by atoms with E-state index >= 15 is 0 Å². The molecule has 3 atom stereocenters. The second-order valence-corrected chi connectivity index (χ2v) is 8.33. The van der Waals surface area contributed by atoms with Crippen molar-refractivity contribution in [1.29, 1.82) is 0 Å². The van der Waals surface area contributed by atoms with Gasteiger partial charge in [0.25, 0.3) is 5.91 Å². The molecule has 1 aliphatic heterocycles. The first-order valence-electron chi connectivity index (χ1n) is 10.1. The van der Waals surface area contributed by atoms with Gasteiger partial charge in [-0.25, -0.2) is 9.67 Å². The molecule has 2 fully saturated rings. The van der Waals surface area contributed by atoms with Gasteiger partial charge in [-0.3, -0.25) is 4.79 Å². The predicted molar refractivity (Wildman–Crippen MR) is 105 cm³/mol. The second kappa shape index (κ2) is 6.82. The molecule has 5 rings (SSSR count). The van der Waals surface area contributed by atoms with Gasteiger partial charge in [-0.2, -0.15) is 18.3 Å². The van der Waals surface area contributed by atoms with E-state index in [1.165, 1.54) is 12.1 Å². The molecule has 2 aromatic heterocycles. The van der Waals surface area contributed by atoms with Crippen molar-refractivity contribution in [3.8, 4) is 0 Å². The fraction of sp³-hybridized carbons (Fsp3) is 0.409. The van der Waals surface area contributed by atoms with Crippen LogP contribution in [0.15, 0.2) is 42.6 Å². The van der Waals surface area contributed by atoms with Crippen molar-refractivity contribution in [1.82, 2.24) is 19.7 Å². The fourth-order valence-corrected chi connectivity index (χ4v) is 5.23. The number of aryl methyl sites for hydroxylation is 1. The molecule has 30 heavy (non-hydrogen) atoms. The van der Waals surface area contributed by atoms with Crippen molar-refractivity contribution in [2.75, 3.05) is 13.1 Å². The van der Waals surface area contributed by atoms with Crippen LogP contribution < -0.4 is 0 Å². The van der Waals surface area contributed by atoms with E-state index in [9.17, 15) is 18.0 Å². The van der Waals surface area contributed by atoms with Crippen molar-refractivity contribution < 1.29 is 18.0 Å². The molecule has 1 saturated carbocycles. The topological polar surface area (TPSA) is 51.0 Å². The molecular formula is C22H21F3N4O. The predicted octanol–water partition coefficient (Wildman–Crippen LogP) is 4.25. The van der Waals surface area contributed by atoms with Crippen molar-refractivity contribution >= 4 is 16.9 Å². The molecule has 5 nitrogen and oxygen atoms in total. The maximum absolute atomic E-state index is 13.4. The summed E-state index contributed by atoms with van der Waals surface area (Å²) in [6.07, 6.45) is -1.33. The molecule has 0 bridgehead atoms. The first-order valence-corrected chi connectivity index (χ1v) is 10.1. The summed E-state index contributed by atoms with van der Waals surface area (Å²) < 4.78 is 41.8. The molecule has 0 unspecified atom stereocenters. The number of aromatic nitrogens is 3.